The minimum Gasteiger partial charge on any atom is -0.326 e. The average molecular weight is 245 g/mol. The van der Waals surface area contributed by atoms with Crippen molar-refractivity contribution in [1.29, 1.82) is 0 Å². The maximum absolute atomic E-state index is 12.3. The van der Waals surface area contributed by atoms with Crippen LogP contribution in [0.5, 0.6) is 0 Å². The molecule has 0 radical (unpaired) electrons. The Morgan fingerprint density at radius 1 is 1.18 bits per heavy atom. The molecule has 0 atom stereocenters. The second-order valence-electron chi connectivity index (χ2n) is 4.50. The van der Waals surface area contributed by atoms with Gasteiger partial charge in [0.05, 0.1) is 11.8 Å². The third-order valence-electron chi connectivity index (χ3n) is 2.29. The number of amides is 1. The highest BCUT2D eigenvalue weighted by Gasteiger charge is 2.40. The van der Waals surface area contributed by atoms with Crippen LogP contribution in [0.2, 0.25) is 0 Å². The molecule has 1 aromatic rings. The van der Waals surface area contributed by atoms with Crippen LogP contribution in [0.3, 0.4) is 0 Å². The van der Waals surface area contributed by atoms with E-state index in [1.54, 1.807) is 30.3 Å². The van der Waals surface area contributed by atoms with Crippen molar-refractivity contribution in [2.24, 2.45) is 5.41 Å². The number of hydrogen-bond acceptors (Lipinski definition) is 1. The molecule has 0 heterocycles. The van der Waals surface area contributed by atoms with Gasteiger partial charge in [0.1, 0.15) is 0 Å². The first-order valence-electron chi connectivity index (χ1n) is 5.14. The van der Waals surface area contributed by atoms with Crippen molar-refractivity contribution in [2.75, 3.05) is 5.32 Å². The lowest BCUT2D eigenvalue weighted by atomic mass is 9.88. The van der Waals surface area contributed by atoms with Crippen molar-refractivity contribution in [3.63, 3.8) is 0 Å². The zero-order valence-electron chi connectivity index (χ0n) is 9.64. The van der Waals surface area contributed by atoms with E-state index in [2.05, 4.69) is 5.32 Å². The first kappa shape index (κ1) is 13.5. The zero-order valence-corrected chi connectivity index (χ0v) is 9.64. The molecule has 0 bridgehead atoms. The molecular formula is C12H14F3NO. The quantitative estimate of drug-likeness (QED) is 0.866. The standard InChI is InChI=1S/C12H14F3NO/c1-11(2,8-12(13,14)15)10(17)16-9-6-4-3-5-7-9/h3-7H,8H2,1-2H3,(H,16,17). The minimum absolute atomic E-state index is 0.493. The number of carbonyl (C=O) groups excluding carboxylic acids is 1. The number of nitrogens with one attached hydrogen (secondary N) is 1. The monoisotopic (exact) mass is 245 g/mol. The number of benzene rings is 1. The fraction of sp³-hybridized carbons (Fsp3) is 0.417. The van der Waals surface area contributed by atoms with Gasteiger partial charge in [-0.15, -0.1) is 0 Å². The average Bonchev–Trinajstić information content (AvgIpc) is 2.15. The Morgan fingerprint density at radius 3 is 2.18 bits per heavy atom. The van der Waals surface area contributed by atoms with Gasteiger partial charge in [-0.25, -0.2) is 0 Å². The van der Waals surface area contributed by atoms with E-state index in [0.29, 0.717) is 5.69 Å². The van der Waals surface area contributed by atoms with Crippen LogP contribution in [0.15, 0.2) is 30.3 Å². The summed E-state index contributed by atoms with van der Waals surface area (Å²) < 4.78 is 36.8. The van der Waals surface area contributed by atoms with Crippen LogP contribution in [0.4, 0.5) is 18.9 Å². The molecule has 0 aliphatic carbocycles. The van der Waals surface area contributed by atoms with Gasteiger partial charge in [-0.3, -0.25) is 4.79 Å². The summed E-state index contributed by atoms with van der Waals surface area (Å²) in [5.74, 6) is -0.638. The second kappa shape index (κ2) is 4.77. The Balaban J connectivity index is 2.70. The van der Waals surface area contributed by atoms with Gasteiger partial charge in [0, 0.05) is 5.69 Å². The van der Waals surface area contributed by atoms with Gasteiger partial charge in [0.2, 0.25) is 5.91 Å². The molecule has 94 valence electrons. The topological polar surface area (TPSA) is 29.1 Å². The zero-order chi connectivity index (χ0) is 13.1. The lowest BCUT2D eigenvalue weighted by Gasteiger charge is -2.24. The van der Waals surface area contributed by atoms with Gasteiger partial charge in [-0.2, -0.15) is 13.2 Å². The van der Waals surface area contributed by atoms with Gasteiger partial charge >= 0.3 is 6.18 Å². The SMILES string of the molecule is CC(C)(CC(F)(F)F)C(=O)Nc1ccccc1. The second-order valence-corrected chi connectivity index (χ2v) is 4.50. The molecule has 0 aliphatic heterocycles. The van der Waals surface area contributed by atoms with Crippen LogP contribution in [0.1, 0.15) is 20.3 Å². The van der Waals surface area contributed by atoms with E-state index in [9.17, 15) is 18.0 Å². The molecule has 1 rings (SSSR count). The summed E-state index contributed by atoms with van der Waals surface area (Å²) in [6, 6.07) is 8.42. The number of halogens is 3. The molecule has 1 N–H and O–H groups in total. The molecular weight excluding hydrogens is 231 g/mol. The van der Waals surface area contributed by atoms with E-state index in [-0.39, 0.29) is 0 Å². The molecule has 1 amide bonds. The molecule has 0 saturated heterocycles. The number of hydrogen-bond donors (Lipinski definition) is 1. The van der Waals surface area contributed by atoms with E-state index in [4.69, 9.17) is 0 Å². The Bertz CT molecular complexity index is 384. The fourth-order valence-corrected chi connectivity index (χ4v) is 1.40. The predicted molar refractivity (Wildman–Crippen MR) is 59.5 cm³/mol. The number of rotatable bonds is 3. The normalized spacial score (nSPS) is 12.3. The maximum atomic E-state index is 12.3. The summed E-state index contributed by atoms with van der Waals surface area (Å²) >= 11 is 0. The summed E-state index contributed by atoms with van der Waals surface area (Å²) in [4.78, 5) is 11.7. The van der Waals surface area contributed by atoms with Gasteiger partial charge in [-0.1, -0.05) is 32.0 Å². The molecule has 5 heteroatoms. The van der Waals surface area contributed by atoms with E-state index in [1.165, 1.54) is 13.8 Å². The third kappa shape index (κ3) is 4.46. The van der Waals surface area contributed by atoms with Crippen LogP contribution in [-0.2, 0) is 4.79 Å². The van der Waals surface area contributed by atoms with Crippen molar-refractivity contribution in [3.05, 3.63) is 30.3 Å². The molecule has 0 spiro atoms. The summed E-state index contributed by atoms with van der Waals surface area (Å²) in [5.41, 5.74) is -0.985. The predicted octanol–water partition coefficient (Wildman–Crippen LogP) is 3.60. The summed E-state index contributed by atoms with van der Waals surface area (Å²) in [5, 5.41) is 2.47. The van der Waals surface area contributed by atoms with E-state index >= 15 is 0 Å². The van der Waals surface area contributed by atoms with Crippen LogP contribution in [0.25, 0.3) is 0 Å². The van der Waals surface area contributed by atoms with Gasteiger partial charge in [-0.05, 0) is 12.1 Å². The number of anilines is 1. The molecule has 0 saturated carbocycles. The molecule has 17 heavy (non-hydrogen) atoms. The summed E-state index contributed by atoms with van der Waals surface area (Å²) in [6.45, 7) is 2.55. The number of alkyl halides is 3. The van der Waals surface area contributed by atoms with E-state index < -0.39 is 23.9 Å². The largest absolute Gasteiger partial charge is 0.390 e. The fourth-order valence-electron chi connectivity index (χ4n) is 1.40. The van der Waals surface area contributed by atoms with Gasteiger partial charge in [0.15, 0.2) is 0 Å². The van der Waals surface area contributed by atoms with Gasteiger partial charge < -0.3 is 5.32 Å². The Kier molecular flexibility index (Phi) is 3.80. The van der Waals surface area contributed by atoms with Crippen molar-refractivity contribution in [3.8, 4) is 0 Å². The molecule has 0 aliphatic rings. The highest BCUT2D eigenvalue weighted by Crippen LogP contribution is 2.33. The van der Waals surface area contributed by atoms with Crippen LogP contribution in [0, 0.1) is 5.41 Å². The van der Waals surface area contributed by atoms with Crippen LogP contribution in [-0.4, -0.2) is 12.1 Å². The maximum Gasteiger partial charge on any atom is 0.390 e. The Hall–Kier alpha value is -1.52. The summed E-state index contributed by atoms with van der Waals surface area (Å²) in [6.07, 6.45) is -5.49. The molecule has 0 fully saturated rings. The van der Waals surface area contributed by atoms with Gasteiger partial charge in [0.25, 0.3) is 0 Å². The third-order valence-corrected chi connectivity index (χ3v) is 2.29. The number of para-hydroxylation sites is 1. The van der Waals surface area contributed by atoms with E-state index in [1.807, 2.05) is 0 Å². The summed E-state index contributed by atoms with van der Waals surface area (Å²) in [7, 11) is 0. The van der Waals surface area contributed by atoms with Crippen molar-refractivity contribution in [2.45, 2.75) is 26.4 Å². The van der Waals surface area contributed by atoms with Crippen molar-refractivity contribution < 1.29 is 18.0 Å². The Labute approximate surface area is 97.8 Å². The lowest BCUT2D eigenvalue weighted by Crippen LogP contribution is -2.35. The van der Waals surface area contributed by atoms with Crippen molar-refractivity contribution in [1.82, 2.24) is 0 Å². The van der Waals surface area contributed by atoms with E-state index in [0.717, 1.165) is 0 Å². The van der Waals surface area contributed by atoms with Crippen LogP contribution >= 0.6 is 0 Å². The molecule has 1 aromatic carbocycles. The molecule has 2 nitrogen and oxygen atoms in total. The molecule has 0 aromatic heterocycles. The van der Waals surface area contributed by atoms with Crippen molar-refractivity contribution >= 4 is 11.6 Å². The smallest absolute Gasteiger partial charge is 0.326 e. The molecule has 0 unspecified atom stereocenters. The minimum atomic E-state index is -4.35. The first-order valence-corrected chi connectivity index (χ1v) is 5.14. The lowest BCUT2D eigenvalue weighted by molar-refractivity contribution is -0.162. The highest BCUT2D eigenvalue weighted by molar-refractivity contribution is 5.94. The number of carbonyl (C=O) groups is 1. The highest BCUT2D eigenvalue weighted by atomic mass is 19.4. The Morgan fingerprint density at radius 2 is 1.71 bits per heavy atom. The first-order chi connectivity index (χ1) is 7.71. The van der Waals surface area contributed by atoms with Crippen LogP contribution < -0.4 is 5.32 Å².